The average molecular weight is 415 g/mol. The molecule has 3 aromatic rings. The highest BCUT2D eigenvalue weighted by Crippen LogP contribution is 2.35. The first kappa shape index (κ1) is 19.5. The lowest BCUT2D eigenvalue weighted by Gasteiger charge is -2.03. The summed E-state index contributed by atoms with van der Waals surface area (Å²) in [4.78, 5) is 10.9. The summed E-state index contributed by atoms with van der Waals surface area (Å²) < 4.78 is 10.7. The summed E-state index contributed by atoms with van der Waals surface area (Å²) >= 11 is 11.9. The molecular formula is C20H12Cl2N2O4. The molecule has 6 nitrogen and oxygen atoms in total. The van der Waals surface area contributed by atoms with Gasteiger partial charge in [0.15, 0.2) is 0 Å². The van der Waals surface area contributed by atoms with Crippen molar-refractivity contribution in [2.24, 2.45) is 0 Å². The number of hydrogen-bond donors (Lipinski definition) is 0. The molecule has 0 aliphatic heterocycles. The molecule has 0 aliphatic carbocycles. The SMILES string of the molecule is COc1ccc(-c2ccc(/C=C(/C#N)c3ccc(Cl)c(Cl)c3)o2)c([N+](=O)[O-])c1. The van der Waals surface area contributed by atoms with Gasteiger partial charge in [-0.15, -0.1) is 0 Å². The Kier molecular flexibility index (Phi) is 5.69. The highest BCUT2D eigenvalue weighted by atomic mass is 35.5. The topological polar surface area (TPSA) is 89.3 Å². The van der Waals surface area contributed by atoms with E-state index in [-0.39, 0.29) is 5.69 Å². The third-order valence-corrected chi connectivity index (χ3v) is 4.67. The summed E-state index contributed by atoms with van der Waals surface area (Å²) in [6, 6.07) is 14.6. The number of rotatable bonds is 5. The van der Waals surface area contributed by atoms with Gasteiger partial charge in [0.25, 0.3) is 5.69 Å². The fourth-order valence-corrected chi connectivity index (χ4v) is 2.86. The number of benzene rings is 2. The predicted molar refractivity (Wildman–Crippen MR) is 107 cm³/mol. The molecule has 0 N–H and O–H groups in total. The quantitative estimate of drug-likeness (QED) is 0.280. The first-order chi connectivity index (χ1) is 13.4. The lowest BCUT2D eigenvalue weighted by Crippen LogP contribution is -1.93. The molecule has 0 amide bonds. The molecule has 0 aliphatic rings. The maximum Gasteiger partial charge on any atom is 0.284 e. The number of nitrogens with zero attached hydrogens (tertiary/aromatic N) is 2. The van der Waals surface area contributed by atoms with Crippen molar-refractivity contribution in [2.45, 2.75) is 0 Å². The number of ether oxygens (including phenoxy) is 1. The molecule has 3 rings (SSSR count). The number of nitro groups is 1. The number of hydrogen-bond acceptors (Lipinski definition) is 5. The summed E-state index contributed by atoms with van der Waals surface area (Å²) in [5, 5.41) is 21.5. The van der Waals surface area contributed by atoms with E-state index in [1.165, 1.54) is 19.3 Å². The third-order valence-electron chi connectivity index (χ3n) is 3.93. The van der Waals surface area contributed by atoms with E-state index < -0.39 is 4.92 Å². The van der Waals surface area contributed by atoms with Crippen LogP contribution in [0, 0.1) is 21.4 Å². The molecule has 0 bridgehead atoms. The zero-order valence-electron chi connectivity index (χ0n) is 14.5. The Balaban J connectivity index is 2.00. The second-order valence-corrected chi connectivity index (χ2v) is 6.46. The maximum atomic E-state index is 11.4. The van der Waals surface area contributed by atoms with Crippen LogP contribution in [0.5, 0.6) is 5.75 Å². The summed E-state index contributed by atoms with van der Waals surface area (Å²) in [5.74, 6) is 1.03. The van der Waals surface area contributed by atoms with Crippen molar-refractivity contribution in [1.29, 1.82) is 5.26 Å². The summed E-state index contributed by atoms with van der Waals surface area (Å²) in [5.41, 5.74) is 1.04. The molecule has 0 saturated carbocycles. The van der Waals surface area contributed by atoms with E-state index in [4.69, 9.17) is 32.4 Å². The molecule has 28 heavy (non-hydrogen) atoms. The molecule has 140 valence electrons. The molecule has 0 saturated heterocycles. The van der Waals surface area contributed by atoms with Gasteiger partial charge in [0.05, 0.1) is 45.4 Å². The van der Waals surface area contributed by atoms with Gasteiger partial charge < -0.3 is 9.15 Å². The molecule has 8 heteroatoms. The second kappa shape index (κ2) is 8.17. The Bertz CT molecular complexity index is 1130. The minimum atomic E-state index is -0.508. The summed E-state index contributed by atoms with van der Waals surface area (Å²) in [7, 11) is 1.43. The van der Waals surface area contributed by atoms with Crippen LogP contribution in [0.3, 0.4) is 0 Å². The first-order valence-electron chi connectivity index (χ1n) is 7.93. The third kappa shape index (κ3) is 4.01. The number of methoxy groups -OCH3 is 1. The van der Waals surface area contributed by atoms with E-state index in [9.17, 15) is 15.4 Å². The number of allylic oxidation sites excluding steroid dienone is 1. The lowest BCUT2D eigenvalue weighted by molar-refractivity contribution is -0.384. The minimum absolute atomic E-state index is 0.144. The molecule has 0 radical (unpaired) electrons. The van der Waals surface area contributed by atoms with Gasteiger partial charge in [0, 0.05) is 0 Å². The lowest BCUT2D eigenvalue weighted by atomic mass is 10.1. The van der Waals surface area contributed by atoms with Crippen LogP contribution < -0.4 is 4.74 Å². The molecule has 1 aromatic heterocycles. The molecule has 0 spiro atoms. The van der Waals surface area contributed by atoms with Crippen LogP contribution in [-0.4, -0.2) is 12.0 Å². The highest BCUT2D eigenvalue weighted by Gasteiger charge is 2.19. The van der Waals surface area contributed by atoms with Gasteiger partial charge in [-0.05, 0) is 48.0 Å². The molecule has 0 atom stereocenters. The van der Waals surface area contributed by atoms with Crippen molar-refractivity contribution in [2.75, 3.05) is 7.11 Å². The van der Waals surface area contributed by atoms with Gasteiger partial charge in [-0.2, -0.15) is 5.26 Å². The Morgan fingerprint density at radius 3 is 2.61 bits per heavy atom. The van der Waals surface area contributed by atoms with Crippen LogP contribution in [0.25, 0.3) is 23.0 Å². The predicted octanol–water partition coefficient (Wildman–Crippen LogP) is 6.23. The Labute approximate surface area is 170 Å². The maximum absolute atomic E-state index is 11.4. The second-order valence-electron chi connectivity index (χ2n) is 5.64. The largest absolute Gasteiger partial charge is 0.497 e. The van der Waals surface area contributed by atoms with Crippen molar-refractivity contribution in [3.05, 3.63) is 80.0 Å². The fraction of sp³-hybridized carbons (Fsp3) is 0.0500. The van der Waals surface area contributed by atoms with E-state index in [1.807, 2.05) is 0 Å². The van der Waals surface area contributed by atoms with Crippen molar-refractivity contribution in [1.82, 2.24) is 0 Å². The zero-order chi connectivity index (χ0) is 20.3. The van der Waals surface area contributed by atoms with Crippen LogP contribution >= 0.6 is 23.2 Å². The molecule has 0 unspecified atom stereocenters. The van der Waals surface area contributed by atoms with Crippen LogP contribution in [0.4, 0.5) is 5.69 Å². The first-order valence-corrected chi connectivity index (χ1v) is 8.68. The zero-order valence-corrected chi connectivity index (χ0v) is 16.0. The van der Waals surface area contributed by atoms with Gasteiger partial charge in [0.2, 0.25) is 0 Å². The number of halogens is 2. The summed E-state index contributed by atoms with van der Waals surface area (Å²) in [6.07, 6.45) is 1.53. The molecule has 1 heterocycles. The highest BCUT2D eigenvalue weighted by molar-refractivity contribution is 6.42. The van der Waals surface area contributed by atoms with E-state index in [0.29, 0.717) is 44.0 Å². The van der Waals surface area contributed by atoms with Crippen molar-refractivity contribution in [3.63, 3.8) is 0 Å². The number of nitro benzene ring substituents is 1. The van der Waals surface area contributed by atoms with Crippen LogP contribution in [0.15, 0.2) is 52.9 Å². The van der Waals surface area contributed by atoms with E-state index >= 15 is 0 Å². The molecule has 2 aromatic carbocycles. The number of furan rings is 1. The molecular weight excluding hydrogens is 403 g/mol. The van der Waals surface area contributed by atoms with E-state index in [2.05, 4.69) is 6.07 Å². The van der Waals surface area contributed by atoms with Crippen molar-refractivity contribution >= 4 is 40.5 Å². The van der Waals surface area contributed by atoms with Crippen LogP contribution in [-0.2, 0) is 0 Å². The van der Waals surface area contributed by atoms with E-state index in [1.54, 1.807) is 42.5 Å². The summed E-state index contributed by atoms with van der Waals surface area (Å²) in [6.45, 7) is 0. The Hall–Kier alpha value is -3.27. The molecule has 0 fully saturated rings. The average Bonchev–Trinajstić information content (AvgIpc) is 3.16. The smallest absolute Gasteiger partial charge is 0.284 e. The Morgan fingerprint density at radius 1 is 1.18 bits per heavy atom. The normalized spacial score (nSPS) is 11.1. The van der Waals surface area contributed by atoms with Crippen molar-refractivity contribution < 1.29 is 14.1 Å². The standard InChI is InChI=1S/C20H12Cl2N2O4/c1-27-14-3-5-16(19(10-14)24(25)26)20-7-4-15(28-20)8-13(11-23)12-2-6-17(21)18(22)9-12/h2-10H,1H3/b13-8-. The van der Waals surface area contributed by atoms with Gasteiger partial charge in [-0.1, -0.05) is 29.3 Å². The van der Waals surface area contributed by atoms with Crippen LogP contribution in [0.1, 0.15) is 11.3 Å². The Morgan fingerprint density at radius 2 is 1.96 bits per heavy atom. The fourth-order valence-electron chi connectivity index (χ4n) is 2.56. The minimum Gasteiger partial charge on any atom is -0.497 e. The van der Waals surface area contributed by atoms with Crippen LogP contribution in [0.2, 0.25) is 10.0 Å². The van der Waals surface area contributed by atoms with Gasteiger partial charge in [-0.3, -0.25) is 10.1 Å². The monoisotopic (exact) mass is 414 g/mol. The van der Waals surface area contributed by atoms with E-state index in [0.717, 1.165) is 0 Å². The van der Waals surface area contributed by atoms with Gasteiger partial charge in [0.1, 0.15) is 17.3 Å². The van der Waals surface area contributed by atoms with Gasteiger partial charge in [-0.25, -0.2) is 0 Å². The van der Waals surface area contributed by atoms with Gasteiger partial charge >= 0.3 is 0 Å². The van der Waals surface area contributed by atoms with Crippen molar-refractivity contribution in [3.8, 4) is 23.1 Å². The number of nitriles is 1.